The van der Waals surface area contributed by atoms with Crippen molar-refractivity contribution in [3.05, 3.63) is 36.4 Å². The fourth-order valence-electron chi connectivity index (χ4n) is 2.07. The molecule has 0 aliphatic rings. The summed E-state index contributed by atoms with van der Waals surface area (Å²) in [5, 5.41) is 3.26. The highest BCUT2D eigenvalue weighted by atomic mass is 35.5. The Morgan fingerprint density at radius 1 is 1.33 bits per heavy atom. The van der Waals surface area contributed by atoms with Gasteiger partial charge >= 0.3 is 0 Å². The summed E-state index contributed by atoms with van der Waals surface area (Å²) in [6.45, 7) is 1.19. The molecule has 108 valence electrons. The molecule has 0 aromatic carbocycles. The summed E-state index contributed by atoms with van der Waals surface area (Å²) < 4.78 is 1.90. The normalized spacial score (nSPS) is 10.9. The second-order valence-electron chi connectivity index (χ2n) is 4.42. The van der Waals surface area contributed by atoms with E-state index in [9.17, 15) is 0 Å². The first-order chi connectivity index (χ1) is 10.3. The fourth-order valence-corrected chi connectivity index (χ4v) is 2.24. The lowest BCUT2D eigenvalue weighted by atomic mass is 10.3. The molecule has 0 aliphatic heterocycles. The second-order valence-corrected chi connectivity index (χ2v) is 4.80. The molecule has 3 aromatic heterocycles. The Labute approximate surface area is 126 Å². The summed E-state index contributed by atoms with van der Waals surface area (Å²) in [6, 6.07) is 3.88. The van der Waals surface area contributed by atoms with Gasteiger partial charge in [-0.3, -0.25) is 9.55 Å². The molecule has 0 unspecified atom stereocenters. The van der Waals surface area contributed by atoms with Gasteiger partial charge in [0.05, 0.1) is 0 Å². The van der Waals surface area contributed by atoms with Crippen LogP contribution in [-0.4, -0.2) is 30.4 Å². The predicted octanol–water partition coefficient (Wildman–Crippen LogP) is 1.65. The van der Waals surface area contributed by atoms with Crippen LogP contribution in [-0.2, 0) is 13.1 Å². The van der Waals surface area contributed by atoms with Gasteiger partial charge in [0, 0.05) is 31.4 Å². The third-order valence-electron chi connectivity index (χ3n) is 3.04. The van der Waals surface area contributed by atoms with Crippen LogP contribution in [0.1, 0.15) is 5.56 Å². The number of alkyl halides is 1. The Bertz CT molecular complexity index is 741. The SMILES string of the molecule is Nc1ncnc2c1nc(NCc1cccnc1)n2CCCl. The summed E-state index contributed by atoms with van der Waals surface area (Å²) in [7, 11) is 0. The molecule has 3 aromatic rings. The topological polar surface area (TPSA) is 94.5 Å². The van der Waals surface area contributed by atoms with E-state index in [0.717, 1.165) is 5.56 Å². The van der Waals surface area contributed by atoms with Crippen LogP contribution in [0.2, 0.25) is 0 Å². The van der Waals surface area contributed by atoms with Crippen molar-refractivity contribution < 1.29 is 0 Å². The van der Waals surface area contributed by atoms with E-state index in [-0.39, 0.29) is 0 Å². The van der Waals surface area contributed by atoms with E-state index in [1.165, 1.54) is 6.33 Å². The van der Waals surface area contributed by atoms with Crippen molar-refractivity contribution in [1.29, 1.82) is 0 Å². The van der Waals surface area contributed by atoms with Crippen LogP contribution < -0.4 is 11.1 Å². The van der Waals surface area contributed by atoms with E-state index in [1.807, 2.05) is 16.7 Å². The van der Waals surface area contributed by atoms with Crippen molar-refractivity contribution in [3.8, 4) is 0 Å². The number of nitrogens with two attached hydrogens (primary N) is 1. The van der Waals surface area contributed by atoms with Gasteiger partial charge in [-0.25, -0.2) is 15.0 Å². The average molecular weight is 304 g/mol. The molecular formula is C13H14ClN7. The quantitative estimate of drug-likeness (QED) is 0.696. The maximum Gasteiger partial charge on any atom is 0.205 e. The lowest BCUT2D eigenvalue weighted by molar-refractivity contribution is 0.783. The number of nitrogens with one attached hydrogen (secondary N) is 1. The molecule has 0 aliphatic carbocycles. The highest BCUT2D eigenvalue weighted by Crippen LogP contribution is 2.21. The predicted molar refractivity (Wildman–Crippen MR) is 82.0 cm³/mol. The van der Waals surface area contributed by atoms with Crippen LogP contribution in [0.3, 0.4) is 0 Å². The molecule has 3 N–H and O–H groups in total. The highest BCUT2D eigenvalue weighted by Gasteiger charge is 2.14. The summed E-state index contributed by atoms with van der Waals surface area (Å²) in [4.78, 5) is 16.7. The number of halogens is 1. The maximum absolute atomic E-state index is 5.86. The van der Waals surface area contributed by atoms with Gasteiger partial charge in [-0.2, -0.15) is 0 Å². The first kappa shape index (κ1) is 13.6. The van der Waals surface area contributed by atoms with E-state index in [0.29, 0.717) is 41.9 Å². The molecule has 0 saturated carbocycles. The molecule has 0 bridgehead atoms. The van der Waals surface area contributed by atoms with Crippen molar-refractivity contribution >= 4 is 34.5 Å². The number of aryl methyl sites for hydroxylation is 1. The van der Waals surface area contributed by atoms with Crippen molar-refractivity contribution in [2.24, 2.45) is 0 Å². The smallest absolute Gasteiger partial charge is 0.205 e. The molecule has 3 rings (SSSR count). The van der Waals surface area contributed by atoms with Gasteiger partial charge in [-0.1, -0.05) is 6.07 Å². The van der Waals surface area contributed by atoms with Crippen molar-refractivity contribution in [2.45, 2.75) is 13.1 Å². The van der Waals surface area contributed by atoms with Crippen LogP contribution in [0, 0.1) is 0 Å². The molecular weight excluding hydrogens is 290 g/mol. The average Bonchev–Trinajstić information content (AvgIpc) is 2.86. The first-order valence-corrected chi connectivity index (χ1v) is 6.98. The second kappa shape index (κ2) is 5.92. The summed E-state index contributed by atoms with van der Waals surface area (Å²) in [5.74, 6) is 1.48. The molecule has 7 nitrogen and oxygen atoms in total. The molecule has 0 atom stereocenters. The fraction of sp³-hybridized carbons (Fsp3) is 0.231. The number of hydrogen-bond acceptors (Lipinski definition) is 6. The summed E-state index contributed by atoms with van der Waals surface area (Å²) >= 11 is 5.86. The number of anilines is 2. The first-order valence-electron chi connectivity index (χ1n) is 6.45. The minimum absolute atomic E-state index is 0.359. The highest BCUT2D eigenvalue weighted by molar-refractivity contribution is 6.17. The number of fused-ring (bicyclic) bond motifs is 1. The van der Waals surface area contributed by atoms with Crippen molar-refractivity contribution in [3.63, 3.8) is 0 Å². The zero-order chi connectivity index (χ0) is 14.7. The molecule has 0 radical (unpaired) electrons. The number of hydrogen-bond donors (Lipinski definition) is 2. The maximum atomic E-state index is 5.86. The van der Waals surface area contributed by atoms with E-state index in [2.05, 4.69) is 25.3 Å². The van der Waals surface area contributed by atoms with Crippen LogP contribution in [0.15, 0.2) is 30.9 Å². The lowest BCUT2D eigenvalue weighted by Crippen LogP contribution is -2.09. The number of aromatic nitrogens is 5. The Balaban J connectivity index is 1.93. The Kier molecular flexibility index (Phi) is 3.83. The van der Waals surface area contributed by atoms with E-state index in [1.54, 1.807) is 12.4 Å². The van der Waals surface area contributed by atoms with E-state index >= 15 is 0 Å². The number of nitrogens with zero attached hydrogens (tertiary/aromatic N) is 5. The van der Waals surface area contributed by atoms with E-state index in [4.69, 9.17) is 17.3 Å². The van der Waals surface area contributed by atoms with Gasteiger partial charge in [0.1, 0.15) is 6.33 Å². The molecule has 0 spiro atoms. The monoisotopic (exact) mass is 303 g/mol. The Hall–Kier alpha value is -2.41. The van der Waals surface area contributed by atoms with Crippen LogP contribution in [0.25, 0.3) is 11.2 Å². The molecule has 0 fully saturated rings. The largest absolute Gasteiger partial charge is 0.382 e. The minimum Gasteiger partial charge on any atom is -0.382 e. The molecule has 21 heavy (non-hydrogen) atoms. The number of nitrogen functional groups attached to an aromatic ring is 1. The van der Waals surface area contributed by atoms with Gasteiger partial charge < -0.3 is 11.1 Å². The molecule has 0 saturated heterocycles. The molecule has 8 heteroatoms. The zero-order valence-corrected chi connectivity index (χ0v) is 12.0. The van der Waals surface area contributed by atoms with Gasteiger partial charge in [0.2, 0.25) is 5.95 Å². The summed E-state index contributed by atoms with van der Waals surface area (Å²) in [6.07, 6.45) is 4.97. The third kappa shape index (κ3) is 2.73. The Morgan fingerprint density at radius 3 is 3.00 bits per heavy atom. The van der Waals surface area contributed by atoms with Gasteiger partial charge in [0.15, 0.2) is 17.0 Å². The van der Waals surface area contributed by atoms with Crippen LogP contribution in [0.5, 0.6) is 0 Å². The van der Waals surface area contributed by atoms with Crippen molar-refractivity contribution in [1.82, 2.24) is 24.5 Å². The Morgan fingerprint density at radius 2 is 2.24 bits per heavy atom. The lowest BCUT2D eigenvalue weighted by Gasteiger charge is -2.08. The number of rotatable bonds is 5. The van der Waals surface area contributed by atoms with Gasteiger partial charge in [-0.05, 0) is 11.6 Å². The van der Waals surface area contributed by atoms with Gasteiger partial charge in [0.25, 0.3) is 0 Å². The minimum atomic E-state index is 0.359. The molecule has 0 amide bonds. The summed E-state index contributed by atoms with van der Waals surface area (Å²) in [5.41, 5.74) is 8.16. The third-order valence-corrected chi connectivity index (χ3v) is 3.21. The number of imidazole rings is 1. The van der Waals surface area contributed by atoms with Crippen LogP contribution in [0.4, 0.5) is 11.8 Å². The molecule has 3 heterocycles. The van der Waals surface area contributed by atoms with Crippen LogP contribution >= 0.6 is 11.6 Å². The van der Waals surface area contributed by atoms with Gasteiger partial charge in [-0.15, -0.1) is 11.6 Å². The van der Waals surface area contributed by atoms with Crippen molar-refractivity contribution in [2.75, 3.05) is 16.9 Å². The van der Waals surface area contributed by atoms with E-state index < -0.39 is 0 Å². The number of pyridine rings is 1. The standard InChI is InChI=1S/C13H14ClN7/c14-3-5-21-12-10(11(15)18-8-19-12)20-13(21)17-7-9-2-1-4-16-6-9/h1-2,4,6,8H,3,5,7H2,(H,17,20)(H2,15,18,19). The zero-order valence-electron chi connectivity index (χ0n) is 11.2.